The third-order valence-corrected chi connectivity index (χ3v) is 4.68. The Bertz CT molecular complexity index is 674. The molecule has 1 aromatic heterocycles. The van der Waals surface area contributed by atoms with Crippen LogP contribution in [0.2, 0.25) is 5.02 Å². The molecule has 0 spiro atoms. The second-order valence-electron chi connectivity index (χ2n) is 6.05. The Morgan fingerprint density at radius 1 is 1.26 bits per heavy atom. The number of hydrogen-bond donors (Lipinski definition) is 1. The Morgan fingerprint density at radius 2 is 2.09 bits per heavy atom. The number of nitrogens with zero attached hydrogens (tertiary/aromatic N) is 3. The lowest BCUT2D eigenvalue weighted by Gasteiger charge is -2.36. The van der Waals surface area contributed by atoms with Gasteiger partial charge in [-0.2, -0.15) is 4.98 Å². The minimum Gasteiger partial charge on any atom is -0.353 e. The van der Waals surface area contributed by atoms with Gasteiger partial charge in [-0.05, 0) is 44.7 Å². The molecule has 4 nitrogen and oxygen atoms in total. The van der Waals surface area contributed by atoms with E-state index in [4.69, 9.17) is 16.6 Å². The van der Waals surface area contributed by atoms with Crippen LogP contribution in [0.3, 0.4) is 0 Å². The third-order valence-electron chi connectivity index (χ3n) is 4.35. The molecule has 122 valence electrons. The number of aromatic nitrogens is 2. The zero-order valence-corrected chi connectivity index (χ0v) is 14.5. The Kier molecular flexibility index (Phi) is 5.01. The molecule has 1 aliphatic rings. The van der Waals surface area contributed by atoms with E-state index in [0.29, 0.717) is 17.0 Å². The number of benzene rings is 1. The van der Waals surface area contributed by atoms with Gasteiger partial charge in [-0.15, -0.1) is 0 Å². The van der Waals surface area contributed by atoms with Gasteiger partial charge in [0.05, 0.1) is 10.7 Å². The van der Waals surface area contributed by atoms with Crippen molar-refractivity contribution in [2.75, 3.05) is 16.8 Å². The molecule has 1 aliphatic heterocycles. The monoisotopic (exact) mass is 330 g/mol. The van der Waals surface area contributed by atoms with Crippen LogP contribution in [0.15, 0.2) is 30.3 Å². The summed E-state index contributed by atoms with van der Waals surface area (Å²) < 4.78 is 0. The van der Waals surface area contributed by atoms with E-state index >= 15 is 0 Å². The smallest absolute Gasteiger partial charge is 0.229 e. The molecule has 2 aromatic rings. The highest BCUT2D eigenvalue weighted by molar-refractivity contribution is 6.33. The van der Waals surface area contributed by atoms with Gasteiger partial charge in [-0.25, -0.2) is 4.98 Å². The molecule has 0 radical (unpaired) electrons. The Morgan fingerprint density at radius 3 is 2.87 bits per heavy atom. The summed E-state index contributed by atoms with van der Waals surface area (Å²) in [6, 6.07) is 10.3. The van der Waals surface area contributed by atoms with Crippen LogP contribution in [0.5, 0.6) is 0 Å². The van der Waals surface area contributed by atoms with Crippen LogP contribution >= 0.6 is 11.6 Å². The van der Waals surface area contributed by atoms with Crippen molar-refractivity contribution in [3.8, 4) is 0 Å². The maximum absolute atomic E-state index is 6.22. The lowest BCUT2D eigenvalue weighted by molar-refractivity contribution is 0.446. The van der Waals surface area contributed by atoms with Gasteiger partial charge in [0.1, 0.15) is 5.82 Å². The number of aryl methyl sites for hydroxylation is 1. The number of para-hydroxylation sites is 1. The molecule has 0 bridgehead atoms. The van der Waals surface area contributed by atoms with Crippen LogP contribution in [-0.2, 0) is 0 Å². The summed E-state index contributed by atoms with van der Waals surface area (Å²) in [5.41, 5.74) is 1.79. The largest absolute Gasteiger partial charge is 0.353 e. The Hall–Kier alpha value is -1.81. The van der Waals surface area contributed by atoms with Gasteiger partial charge in [0.25, 0.3) is 0 Å². The molecule has 1 N–H and O–H groups in total. The highest BCUT2D eigenvalue weighted by Crippen LogP contribution is 2.28. The molecule has 2 heterocycles. The first-order chi connectivity index (χ1) is 11.2. The average molecular weight is 331 g/mol. The summed E-state index contributed by atoms with van der Waals surface area (Å²) in [7, 11) is 0. The average Bonchev–Trinajstić information content (AvgIpc) is 2.56. The van der Waals surface area contributed by atoms with Crippen molar-refractivity contribution in [2.45, 2.75) is 45.6 Å². The van der Waals surface area contributed by atoms with Gasteiger partial charge < -0.3 is 10.2 Å². The predicted octanol–water partition coefficient (Wildman–Crippen LogP) is 4.95. The van der Waals surface area contributed by atoms with Crippen LogP contribution in [0.25, 0.3) is 0 Å². The van der Waals surface area contributed by atoms with Crippen molar-refractivity contribution in [2.24, 2.45) is 0 Å². The van der Waals surface area contributed by atoms with E-state index in [0.717, 1.165) is 30.2 Å². The minimum atomic E-state index is 0.575. The van der Waals surface area contributed by atoms with Crippen molar-refractivity contribution in [1.82, 2.24) is 9.97 Å². The molecule has 0 aliphatic carbocycles. The first kappa shape index (κ1) is 16.1. The molecule has 1 atom stereocenters. The molecular weight excluding hydrogens is 308 g/mol. The fraction of sp³-hybridized carbons (Fsp3) is 0.444. The molecule has 5 heteroatoms. The third kappa shape index (κ3) is 3.75. The van der Waals surface area contributed by atoms with E-state index in [9.17, 15) is 0 Å². The molecule has 0 saturated carbocycles. The van der Waals surface area contributed by atoms with Crippen LogP contribution in [0.4, 0.5) is 17.5 Å². The topological polar surface area (TPSA) is 41.1 Å². The summed E-state index contributed by atoms with van der Waals surface area (Å²) in [5.74, 6) is 1.62. The second-order valence-corrected chi connectivity index (χ2v) is 6.45. The van der Waals surface area contributed by atoms with E-state index in [1.807, 2.05) is 31.2 Å². The molecule has 1 fully saturated rings. The van der Waals surface area contributed by atoms with Crippen LogP contribution in [0, 0.1) is 6.92 Å². The van der Waals surface area contributed by atoms with E-state index in [1.165, 1.54) is 19.3 Å². The molecule has 1 saturated heterocycles. The molecule has 3 rings (SSSR count). The lowest BCUT2D eigenvalue weighted by atomic mass is 10.00. The molecule has 23 heavy (non-hydrogen) atoms. The van der Waals surface area contributed by atoms with Crippen LogP contribution in [-0.4, -0.2) is 22.6 Å². The van der Waals surface area contributed by atoms with Gasteiger partial charge in [0.15, 0.2) is 0 Å². The maximum atomic E-state index is 6.22. The number of hydrogen-bond acceptors (Lipinski definition) is 4. The van der Waals surface area contributed by atoms with Crippen molar-refractivity contribution >= 4 is 29.1 Å². The summed E-state index contributed by atoms with van der Waals surface area (Å²) >= 11 is 6.22. The minimum absolute atomic E-state index is 0.575. The van der Waals surface area contributed by atoms with E-state index in [-0.39, 0.29) is 0 Å². The summed E-state index contributed by atoms with van der Waals surface area (Å²) in [5, 5.41) is 3.91. The zero-order chi connectivity index (χ0) is 16.2. The molecular formula is C18H23ClN4. The zero-order valence-electron chi connectivity index (χ0n) is 13.7. The summed E-state index contributed by atoms with van der Waals surface area (Å²) in [6.45, 7) is 5.33. The number of piperidine rings is 1. The maximum Gasteiger partial charge on any atom is 0.229 e. The van der Waals surface area contributed by atoms with E-state index < -0.39 is 0 Å². The SMILES string of the molecule is CCC1CCCCN1c1cc(C)nc(Nc2ccccc2Cl)n1. The van der Waals surface area contributed by atoms with Gasteiger partial charge in [0, 0.05) is 24.3 Å². The van der Waals surface area contributed by atoms with Crippen LogP contribution in [0.1, 0.15) is 38.3 Å². The Balaban J connectivity index is 1.88. The van der Waals surface area contributed by atoms with Gasteiger partial charge in [-0.1, -0.05) is 30.7 Å². The standard InChI is InChI=1S/C18H23ClN4/c1-3-14-8-6-7-11-23(14)17-12-13(2)20-18(22-17)21-16-10-5-4-9-15(16)19/h4-5,9-10,12,14H,3,6-8,11H2,1-2H3,(H,20,21,22). The van der Waals surface area contributed by atoms with Crippen LogP contribution < -0.4 is 10.2 Å². The number of rotatable bonds is 4. The molecule has 1 aromatic carbocycles. The first-order valence-corrected chi connectivity index (χ1v) is 8.69. The van der Waals surface area contributed by atoms with E-state index in [1.54, 1.807) is 0 Å². The Labute approximate surface area is 142 Å². The van der Waals surface area contributed by atoms with Crippen molar-refractivity contribution in [1.29, 1.82) is 0 Å². The van der Waals surface area contributed by atoms with Crippen molar-refractivity contribution in [3.63, 3.8) is 0 Å². The predicted molar refractivity (Wildman–Crippen MR) is 96.8 cm³/mol. The molecule has 0 amide bonds. The summed E-state index contributed by atoms with van der Waals surface area (Å²) in [4.78, 5) is 11.7. The summed E-state index contributed by atoms with van der Waals surface area (Å²) in [6.07, 6.45) is 4.93. The number of halogens is 1. The van der Waals surface area contributed by atoms with Crippen molar-refractivity contribution in [3.05, 3.63) is 41.0 Å². The fourth-order valence-electron chi connectivity index (χ4n) is 3.16. The number of anilines is 3. The highest BCUT2D eigenvalue weighted by Gasteiger charge is 2.22. The van der Waals surface area contributed by atoms with Gasteiger partial charge >= 0.3 is 0 Å². The second kappa shape index (κ2) is 7.18. The number of nitrogens with one attached hydrogen (secondary N) is 1. The van der Waals surface area contributed by atoms with Gasteiger partial charge in [-0.3, -0.25) is 0 Å². The quantitative estimate of drug-likeness (QED) is 0.861. The first-order valence-electron chi connectivity index (χ1n) is 8.31. The normalized spacial score (nSPS) is 18.0. The molecule has 1 unspecified atom stereocenters. The lowest BCUT2D eigenvalue weighted by Crippen LogP contribution is -2.39. The van der Waals surface area contributed by atoms with Crippen molar-refractivity contribution < 1.29 is 0 Å². The highest BCUT2D eigenvalue weighted by atomic mass is 35.5. The fourth-order valence-corrected chi connectivity index (χ4v) is 3.35. The van der Waals surface area contributed by atoms with Gasteiger partial charge in [0.2, 0.25) is 5.95 Å². The van der Waals surface area contributed by atoms with E-state index in [2.05, 4.69) is 28.2 Å².